The molecule has 1 atom stereocenters. The first kappa shape index (κ1) is 9.35. The summed E-state index contributed by atoms with van der Waals surface area (Å²) >= 11 is 0. The second-order valence-electron chi connectivity index (χ2n) is 3.35. The van der Waals surface area contributed by atoms with Crippen LogP contribution in [0.15, 0.2) is 11.6 Å². The van der Waals surface area contributed by atoms with E-state index in [-0.39, 0.29) is 0 Å². The molecule has 1 aliphatic rings. The highest BCUT2D eigenvalue weighted by molar-refractivity contribution is 5.14. The third-order valence-corrected chi connectivity index (χ3v) is 2.31. The first-order chi connectivity index (χ1) is 5.83. The van der Waals surface area contributed by atoms with Crippen molar-refractivity contribution in [1.82, 2.24) is 0 Å². The van der Waals surface area contributed by atoms with Crippen LogP contribution >= 0.6 is 0 Å². The van der Waals surface area contributed by atoms with Crippen molar-refractivity contribution in [3.63, 3.8) is 0 Å². The molecule has 0 aromatic heterocycles. The minimum absolute atomic E-state index is 0.668. The van der Waals surface area contributed by atoms with Gasteiger partial charge >= 0.3 is 0 Å². The summed E-state index contributed by atoms with van der Waals surface area (Å²) in [7, 11) is 0. The second kappa shape index (κ2) is 5.00. The van der Waals surface area contributed by atoms with E-state index in [0.717, 1.165) is 12.8 Å². The molecule has 0 bridgehead atoms. The molecule has 0 saturated heterocycles. The quantitative estimate of drug-likeness (QED) is 0.358. The summed E-state index contributed by atoms with van der Waals surface area (Å²) in [5, 5.41) is 9.19. The first-order valence-electron chi connectivity index (χ1n) is 4.66. The molecule has 0 aromatic rings. The van der Waals surface area contributed by atoms with Gasteiger partial charge in [-0.05, 0) is 31.8 Å². The highest BCUT2D eigenvalue weighted by Gasteiger charge is 2.05. The number of hydrogen-bond donors (Lipinski definition) is 1. The Morgan fingerprint density at radius 3 is 2.33 bits per heavy atom. The summed E-state index contributed by atoms with van der Waals surface area (Å²) in [6.07, 6.45) is 13.7. The van der Waals surface area contributed by atoms with Crippen LogP contribution in [0.3, 0.4) is 0 Å². The van der Waals surface area contributed by atoms with Crippen LogP contribution < -0.4 is 0 Å². The van der Waals surface area contributed by atoms with Gasteiger partial charge in [-0.15, -0.1) is 6.42 Å². The van der Waals surface area contributed by atoms with Gasteiger partial charge in [0.25, 0.3) is 0 Å². The van der Waals surface area contributed by atoms with Gasteiger partial charge in [-0.2, -0.15) is 0 Å². The molecular formula is C11H16O. The molecular weight excluding hydrogens is 148 g/mol. The maximum absolute atomic E-state index is 9.19. The van der Waals surface area contributed by atoms with Crippen LogP contribution in [0, 0.1) is 12.3 Å². The van der Waals surface area contributed by atoms with Gasteiger partial charge in [-0.25, -0.2) is 0 Å². The summed E-state index contributed by atoms with van der Waals surface area (Å²) in [4.78, 5) is 0. The molecule has 1 nitrogen and oxygen atoms in total. The van der Waals surface area contributed by atoms with E-state index in [1.54, 1.807) is 0 Å². The van der Waals surface area contributed by atoms with E-state index in [4.69, 9.17) is 6.42 Å². The average Bonchev–Trinajstić information content (AvgIpc) is 2.33. The van der Waals surface area contributed by atoms with Crippen molar-refractivity contribution in [2.24, 2.45) is 0 Å². The van der Waals surface area contributed by atoms with Crippen LogP contribution in [0.1, 0.15) is 38.5 Å². The first-order valence-corrected chi connectivity index (χ1v) is 4.66. The monoisotopic (exact) mass is 164 g/mol. The lowest BCUT2D eigenvalue weighted by Crippen LogP contribution is -1.98. The summed E-state index contributed by atoms with van der Waals surface area (Å²) in [5.41, 5.74) is 1.35. The van der Waals surface area contributed by atoms with Crippen LogP contribution in [0.2, 0.25) is 0 Å². The van der Waals surface area contributed by atoms with Crippen molar-refractivity contribution in [2.45, 2.75) is 44.6 Å². The molecule has 1 saturated carbocycles. The van der Waals surface area contributed by atoms with Gasteiger partial charge in [-0.3, -0.25) is 0 Å². The van der Waals surface area contributed by atoms with E-state index in [1.165, 1.54) is 31.3 Å². The molecule has 66 valence electrons. The molecule has 0 amide bonds. The summed E-state index contributed by atoms with van der Waals surface area (Å²) < 4.78 is 0. The Morgan fingerprint density at radius 2 is 1.83 bits per heavy atom. The van der Waals surface area contributed by atoms with E-state index in [9.17, 15) is 5.11 Å². The number of rotatable bonds is 1. The third-order valence-electron chi connectivity index (χ3n) is 2.31. The predicted molar refractivity (Wildman–Crippen MR) is 50.6 cm³/mol. The maximum atomic E-state index is 9.19. The number of aliphatic hydroxyl groups excluding tert-OH is 1. The zero-order chi connectivity index (χ0) is 8.81. The summed E-state index contributed by atoms with van der Waals surface area (Å²) in [5.74, 6) is 2.31. The Hall–Kier alpha value is -0.740. The Labute approximate surface area is 74.5 Å². The number of allylic oxidation sites excluding steroid dienone is 1. The fourth-order valence-electron chi connectivity index (χ4n) is 1.62. The molecule has 0 aliphatic heterocycles. The van der Waals surface area contributed by atoms with E-state index in [2.05, 4.69) is 5.92 Å². The largest absolute Gasteiger partial charge is 0.377 e. The number of terminal acetylenes is 1. The minimum atomic E-state index is -0.668. The molecule has 0 spiro atoms. The highest BCUT2D eigenvalue weighted by Crippen LogP contribution is 2.22. The Kier molecular flexibility index (Phi) is 3.90. The third kappa shape index (κ3) is 3.11. The maximum Gasteiger partial charge on any atom is 0.133 e. The van der Waals surface area contributed by atoms with Gasteiger partial charge in [0.1, 0.15) is 6.10 Å². The van der Waals surface area contributed by atoms with Gasteiger partial charge in [0.05, 0.1) is 0 Å². The van der Waals surface area contributed by atoms with Crippen LogP contribution in [0.4, 0.5) is 0 Å². The minimum Gasteiger partial charge on any atom is -0.377 e. The Morgan fingerprint density at radius 1 is 1.25 bits per heavy atom. The fourth-order valence-corrected chi connectivity index (χ4v) is 1.62. The van der Waals surface area contributed by atoms with Crippen LogP contribution in [0.5, 0.6) is 0 Å². The van der Waals surface area contributed by atoms with Crippen molar-refractivity contribution >= 4 is 0 Å². The number of hydrogen-bond acceptors (Lipinski definition) is 1. The smallest absolute Gasteiger partial charge is 0.133 e. The molecule has 1 aliphatic carbocycles. The lowest BCUT2D eigenvalue weighted by Gasteiger charge is -2.03. The van der Waals surface area contributed by atoms with E-state index in [1.807, 2.05) is 6.08 Å². The van der Waals surface area contributed by atoms with Gasteiger partial charge in [0, 0.05) is 0 Å². The van der Waals surface area contributed by atoms with Gasteiger partial charge < -0.3 is 5.11 Å². The van der Waals surface area contributed by atoms with Crippen molar-refractivity contribution in [3.05, 3.63) is 11.6 Å². The zero-order valence-electron chi connectivity index (χ0n) is 7.42. The predicted octanol–water partition coefficient (Wildman–Crippen LogP) is 2.26. The van der Waals surface area contributed by atoms with Crippen molar-refractivity contribution in [3.8, 4) is 12.3 Å². The van der Waals surface area contributed by atoms with E-state index in [0.29, 0.717) is 0 Å². The summed E-state index contributed by atoms with van der Waals surface area (Å²) in [6.45, 7) is 0. The topological polar surface area (TPSA) is 20.2 Å². The summed E-state index contributed by atoms with van der Waals surface area (Å²) in [6, 6.07) is 0. The average molecular weight is 164 g/mol. The normalized spacial score (nSPS) is 20.8. The molecule has 1 heteroatoms. The molecule has 12 heavy (non-hydrogen) atoms. The molecule has 1 unspecified atom stereocenters. The standard InChI is InChI=1S/C11H16O/c1-2-11(12)9-10-7-5-3-4-6-8-10/h1,9,11-12H,3-8H2. The Balaban J connectivity index is 2.48. The highest BCUT2D eigenvalue weighted by atomic mass is 16.3. The van der Waals surface area contributed by atoms with Gasteiger partial charge in [0.15, 0.2) is 0 Å². The SMILES string of the molecule is C#CC(O)C=C1CCCCCC1. The van der Waals surface area contributed by atoms with E-state index >= 15 is 0 Å². The molecule has 0 heterocycles. The van der Waals surface area contributed by atoms with Crippen molar-refractivity contribution < 1.29 is 5.11 Å². The molecule has 1 N–H and O–H groups in total. The van der Waals surface area contributed by atoms with Crippen LogP contribution in [-0.4, -0.2) is 11.2 Å². The Bertz CT molecular complexity index is 188. The molecule has 0 aromatic carbocycles. The fraction of sp³-hybridized carbons (Fsp3) is 0.636. The lowest BCUT2D eigenvalue weighted by atomic mass is 10.1. The van der Waals surface area contributed by atoms with Crippen molar-refractivity contribution in [1.29, 1.82) is 0 Å². The number of aliphatic hydroxyl groups is 1. The van der Waals surface area contributed by atoms with Crippen LogP contribution in [-0.2, 0) is 0 Å². The van der Waals surface area contributed by atoms with Gasteiger partial charge in [0.2, 0.25) is 0 Å². The van der Waals surface area contributed by atoms with Gasteiger partial charge in [-0.1, -0.05) is 24.3 Å². The van der Waals surface area contributed by atoms with Crippen LogP contribution in [0.25, 0.3) is 0 Å². The zero-order valence-corrected chi connectivity index (χ0v) is 7.42. The van der Waals surface area contributed by atoms with E-state index < -0.39 is 6.10 Å². The molecule has 0 radical (unpaired) electrons. The molecule has 1 rings (SSSR count). The second-order valence-corrected chi connectivity index (χ2v) is 3.35. The molecule has 1 fully saturated rings. The lowest BCUT2D eigenvalue weighted by molar-refractivity contribution is 0.279. The van der Waals surface area contributed by atoms with Crippen molar-refractivity contribution in [2.75, 3.05) is 0 Å².